The first-order chi connectivity index (χ1) is 14.5. The van der Waals surface area contributed by atoms with Crippen LogP contribution in [0.5, 0.6) is 0 Å². The molecule has 0 amide bonds. The third-order valence-corrected chi connectivity index (χ3v) is 8.24. The van der Waals surface area contributed by atoms with Gasteiger partial charge >= 0.3 is 0 Å². The van der Waals surface area contributed by atoms with Crippen molar-refractivity contribution in [2.24, 2.45) is 4.99 Å². The molecule has 2 atom stereocenters. The average molecular weight is 432 g/mol. The molecule has 1 aromatic carbocycles. The van der Waals surface area contributed by atoms with Crippen molar-refractivity contribution in [3.8, 4) is 0 Å². The van der Waals surface area contributed by atoms with Crippen LogP contribution >= 0.6 is 11.8 Å². The van der Waals surface area contributed by atoms with Crippen molar-refractivity contribution in [2.75, 3.05) is 45.1 Å². The van der Waals surface area contributed by atoms with E-state index in [4.69, 9.17) is 10.1 Å². The van der Waals surface area contributed by atoms with E-state index in [1.54, 1.807) is 0 Å². The van der Waals surface area contributed by atoms with E-state index in [0.29, 0.717) is 0 Å². The van der Waals surface area contributed by atoms with Gasteiger partial charge in [-0.15, -0.1) is 0 Å². The lowest BCUT2D eigenvalue weighted by atomic mass is 9.72. The van der Waals surface area contributed by atoms with Crippen LogP contribution in [0.3, 0.4) is 0 Å². The zero-order chi connectivity index (χ0) is 21.1. The Hall–Kier alpha value is -1.08. The molecule has 3 aliphatic rings. The molecule has 6 heteroatoms. The van der Waals surface area contributed by atoms with E-state index in [9.17, 15) is 5.11 Å². The van der Waals surface area contributed by atoms with Crippen molar-refractivity contribution in [3.63, 3.8) is 0 Å². The summed E-state index contributed by atoms with van der Waals surface area (Å²) in [6.45, 7) is 8.97. The lowest BCUT2D eigenvalue weighted by Crippen LogP contribution is -2.52. The highest BCUT2D eigenvalue weighted by Crippen LogP contribution is 2.40. The quantitative estimate of drug-likeness (QED) is 0.724. The third kappa shape index (κ3) is 4.72. The molecule has 0 spiro atoms. The van der Waals surface area contributed by atoms with E-state index in [0.717, 1.165) is 44.8 Å². The van der Waals surface area contributed by atoms with Gasteiger partial charge in [0, 0.05) is 44.6 Å². The summed E-state index contributed by atoms with van der Waals surface area (Å²) in [5.74, 6) is 1.03. The molecular weight excluding hydrogens is 394 g/mol. The Balaban J connectivity index is 1.39. The van der Waals surface area contributed by atoms with Gasteiger partial charge in [-0.2, -0.15) is 0 Å². The maximum atomic E-state index is 9.70. The van der Waals surface area contributed by atoms with Gasteiger partial charge in [-0.3, -0.25) is 9.89 Å². The van der Waals surface area contributed by atoms with Crippen LogP contribution in [0, 0.1) is 0 Å². The minimum atomic E-state index is 0.170. The molecule has 4 rings (SSSR count). The standard InChI is InChI=1S/C24H37N3O2S/c1-24(2)9-3-5-18-7-8-19(15-21(18)24)22-17-30-23(25-22)27-12-10-26(11-13-27)20(16-29)6-4-14-28/h7-8,15,20,22,28-29H,3-6,9-14,16-17H2,1-2H3. The lowest BCUT2D eigenvalue weighted by Gasteiger charge is -2.39. The van der Waals surface area contributed by atoms with E-state index in [-0.39, 0.29) is 30.7 Å². The largest absolute Gasteiger partial charge is 0.396 e. The fraction of sp³-hybridized carbons (Fsp3) is 0.708. The summed E-state index contributed by atoms with van der Waals surface area (Å²) in [5.41, 5.74) is 4.71. The number of aliphatic imine (C=N–C) groups is 1. The van der Waals surface area contributed by atoms with Crippen molar-refractivity contribution in [3.05, 3.63) is 34.9 Å². The third-order valence-electron chi connectivity index (χ3n) is 7.14. The van der Waals surface area contributed by atoms with Gasteiger partial charge in [-0.1, -0.05) is 43.8 Å². The minimum Gasteiger partial charge on any atom is -0.396 e. The molecule has 2 aliphatic heterocycles. The molecular formula is C24H37N3O2S. The van der Waals surface area contributed by atoms with E-state index in [1.165, 1.54) is 41.1 Å². The summed E-state index contributed by atoms with van der Waals surface area (Å²) < 4.78 is 0. The van der Waals surface area contributed by atoms with E-state index < -0.39 is 0 Å². The summed E-state index contributed by atoms with van der Waals surface area (Å²) in [5, 5.41) is 20.0. The molecule has 5 nitrogen and oxygen atoms in total. The first-order valence-corrected chi connectivity index (χ1v) is 12.5. The molecule has 1 aromatic rings. The summed E-state index contributed by atoms with van der Waals surface area (Å²) in [6, 6.07) is 7.54. The summed E-state index contributed by atoms with van der Waals surface area (Å²) >= 11 is 1.89. The molecule has 0 radical (unpaired) electrons. The van der Waals surface area contributed by atoms with Crippen molar-refractivity contribution in [1.29, 1.82) is 0 Å². The van der Waals surface area contributed by atoms with Crippen LogP contribution in [0.4, 0.5) is 0 Å². The number of aliphatic hydroxyl groups is 2. The van der Waals surface area contributed by atoms with Gasteiger partial charge in [0.15, 0.2) is 5.17 Å². The van der Waals surface area contributed by atoms with Gasteiger partial charge < -0.3 is 15.1 Å². The van der Waals surface area contributed by atoms with E-state index in [2.05, 4.69) is 41.8 Å². The number of hydrogen-bond acceptors (Lipinski definition) is 6. The number of thioether (sulfide) groups is 1. The Kier molecular flexibility index (Phi) is 7.08. The van der Waals surface area contributed by atoms with Crippen molar-refractivity contribution >= 4 is 16.9 Å². The summed E-state index contributed by atoms with van der Waals surface area (Å²) in [4.78, 5) is 9.91. The number of fused-ring (bicyclic) bond motifs is 1. The number of benzene rings is 1. The fourth-order valence-electron chi connectivity index (χ4n) is 5.20. The predicted octanol–water partition coefficient (Wildman–Crippen LogP) is 3.20. The highest BCUT2D eigenvalue weighted by atomic mass is 32.2. The van der Waals surface area contributed by atoms with E-state index >= 15 is 0 Å². The van der Waals surface area contributed by atoms with Crippen LogP contribution < -0.4 is 0 Å². The summed E-state index contributed by atoms with van der Waals surface area (Å²) in [6.07, 6.45) is 5.40. The molecule has 0 bridgehead atoms. The lowest BCUT2D eigenvalue weighted by molar-refractivity contribution is 0.0784. The van der Waals surface area contributed by atoms with Gasteiger partial charge in [0.1, 0.15) is 0 Å². The van der Waals surface area contributed by atoms with Gasteiger partial charge in [0.05, 0.1) is 12.6 Å². The zero-order valence-corrected chi connectivity index (χ0v) is 19.3. The number of amidine groups is 1. The number of hydrogen-bond donors (Lipinski definition) is 2. The number of aliphatic hydroxyl groups excluding tert-OH is 2. The maximum Gasteiger partial charge on any atom is 0.160 e. The zero-order valence-electron chi connectivity index (χ0n) is 18.5. The Morgan fingerprint density at radius 2 is 2.00 bits per heavy atom. The molecule has 1 fully saturated rings. The monoisotopic (exact) mass is 431 g/mol. The summed E-state index contributed by atoms with van der Waals surface area (Å²) in [7, 11) is 0. The second-order valence-corrected chi connectivity index (χ2v) is 10.6. The fourth-order valence-corrected chi connectivity index (χ4v) is 6.35. The Bertz CT molecular complexity index is 759. The molecule has 2 unspecified atom stereocenters. The molecule has 0 saturated carbocycles. The molecule has 2 heterocycles. The van der Waals surface area contributed by atoms with Crippen molar-refractivity contribution < 1.29 is 10.2 Å². The second kappa shape index (κ2) is 9.60. The van der Waals surface area contributed by atoms with Crippen LogP contribution in [0.15, 0.2) is 23.2 Å². The topological polar surface area (TPSA) is 59.3 Å². The smallest absolute Gasteiger partial charge is 0.160 e. The second-order valence-electron chi connectivity index (χ2n) is 9.62. The first-order valence-electron chi connectivity index (χ1n) is 11.6. The van der Waals surface area contributed by atoms with Crippen LogP contribution in [0.2, 0.25) is 0 Å². The van der Waals surface area contributed by atoms with Crippen molar-refractivity contribution in [2.45, 2.75) is 63.5 Å². The normalized spacial score (nSPS) is 25.1. The molecule has 166 valence electrons. The van der Waals surface area contributed by atoms with Gasteiger partial charge in [-0.25, -0.2) is 0 Å². The number of aryl methyl sites for hydroxylation is 1. The molecule has 1 saturated heterocycles. The van der Waals surface area contributed by atoms with Crippen LogP contribution in [0.25, 0.3) is 0 Å². The van der Waals surface area contributed by atoms with Gasteiger partial charge in [0.25, 0.3) is 0 Å². The average Bonchev–Trinajstić information content (AvgIpc) is 3.25. The van der Waals surface area contributed by atoms with E-state index in [1.807, 2.05) is 11.8 Å². The first kappa shape index (κ1) is 22.1. The van der Waals surface area contributed by atoms with Gasteiger partial charge in [0.2, 0.25) is 0 Å². The SMILES string of the molecule is CC1(C)CCCc2ccc(C3CSC(N4CCN(C(CO)CCCO)CC4)=N3)cc21. The van der Waals surface area contributed by atoms with Gasteiger partial charge in [-0.05, 0) is 54.2 Å². The minimum absolute atomic E-state index is 0.170. The van der Waals surface area contributed by atoms with Crippen molar-refractivity contribution in [1.82, 2.24) is 9.80 Å². The molecule has 2 N–H and O–H groups in total. The molecule has 30 heavy (non-hydrogen) atoms. The highest BCUT2D eigenvalue weighted by Gasteiger charge is 2.31. The van der Waals surface area contributed by atoms with Crippen LogP contribution in [-0.2, 0) is 11.8 Å². The number of nitrogens with zero attached hydrogens (tertiary/aromatic N) is 3. The van der Waals surface area contributed by atoms with Crippen LogP contribution in [0.1, 0.15) is 62.3 Å². The Morgan fingerprint density at radius 1 is 1.20 bits per heavy atom. The van der Waals surface area contributed by atoms with Crippen LogP contribution in [-0.4, -0.2) is 76.4 Å². The highest BCUT2D eigenvalue weighted by molar-refractivity contribution is 8.14. The number of piperazine rings is 1. The Labute approximate surface area is 185 Å². The molecule has 0 aromatic heterocycles. The molecule has 1 aliphatic carbocycles. The maximum absolute atomic E-state index is 9.70. The predicted molar refractivity (Wildman–Crippen MR) is 125 cm³/mol. The number of rotatable bonds is 6. The Morgan fingerprint density at radius 3 is 2.73 bits per heavy atom.